The standard InChI is InChI=1S/C21H29N5OS/c1-14(2)25-9-11-26(12-10-25)17-6-3-15(4-7-17)20(27)23-16-5-8-18-19(13-16)28-21(22)24-18/h3-4,6-7,14,16H,5,8-13H2,1-2H3,(H2,22,24)(H,23,27)/t16-/m0/s1. The summed E-state index contributed by atoms with van der Waals surface area (Å²) in [5.74, 6) is 0.00196. The summed E-state index contributed by atoms with van der Waals surface area (Å²) < 4.78 is 0. The van der Waals surface area contributed by atoms with E-state index in [9.17, 15) is 4.79 Å². The zero-order chi connectivity index (χ0) is 19.7. The summed E-state index contributed by atoms with van der Waals surface area (Å²) in [6, 6.07) is 8.79. The molecule has 7 heteroatoms. The van der Waals surface area contributed by atoms with E-state index in [0.29, 0.717) is 11.2 Å². The fourth-order valence-corrected chi connectivity index (χ4v) is 5.07. The number of hydrogen-bond acceptors (Lipinski definition) is 6. The minimum Gasteiger partial charge on any atom is -0.375 e. The van der Waals surface area contributed by atoms with Crippen LogP contribution in [0.3, 0.4) is 0 Å². The Morgan fingerprint density at radius 1 is 1.21 bits per heavy atom. The molecule has 0 radical (unpaired) electrons. The highest BCUT2D eigenvalue weighted by Crippen LogP contribution is 2.28. The van der Waals surface area contributed by atoms with Crippen LogP contribution in [0.2, 0.25) is 0 Å². The van der Waals surface area contributed by atoms with Gasteiger partial charge in [-0.15, -0.1) is 11.3 Å². The Hall–Kier alpha value is -2.12. The number of aryl methyl sites for hydroxylation is 1. The van der Waals surface area contributed by atoms with Crippen LogP contribution in [0.4, 0.5) is 10.8 Å². The third-order valence-electron chi connectivity index (χ3n) is 5.83. The number of nitrogens with two attached hydrogens (primary N) is 1. The number of amides is 1. The second-order valence-electron chi connectivity index (χ2n) is 8.00. The Kier molecular flexibility index (Phi) is 5.55. The summed E-state index contributed by atoms with van der Waals surface area (Å²) in [6.07, 6.45) is 2.63. The lowest BCUT2D eigenvalue weighted by Gasteiger charge is -2.38. The van der Waals surface area contributed by atoms with Gasteiger partial charge in [-0.05, 0) is 51.0 Å². The van der Waals surface area contributed by atoms with Crippen LogP contribution in [-0.4, -0.2) is 54.1 Å². The first-order valence-corrected chi connectivity index (χ1v) is 10.9. The first kappa shape index (κ1) is 19.2. The third kappa shape index (κ3) is 4.15. The number of benzene rings is 1. The lowest BCUT2D eigenvalue weighted by Crippen LogP contribution is -2.48. The van der Waals surface area contributed by atoms with Crippen LogP contribution in [0.5, 0.6) is 0 Å². The van der Waals surface area contributed by atoms with Crippen molar-refractivity contribution in [3.05, 3.63) is 40.4 Å². The molecule has 0 unspecified atom stereocenters. The summed E-state index contributed by atoms with van der Waals surface area (Å²) in [5.41, 5.74) is 8.83. The highest BCUT2D eigenvalue weighted by atomic mass is 32.1. The molecular formula is C21H29N5OS. The van der Waals surface area contributed by atoms with E-state index in [0.717, 1.165) is 56.7 Å². The lowest BCUT2D eigenvalue weighted by atomic mass is 9.97. The largest absolute Gasteiger partial charge is 0.375 e. The number of thiazole rings is 1. The summed E-state index contributed by atoms with van der Waals surface area (Å²) in [6.45, 7) is 8.75. The SMILES string of the molecule is CC(C)N1CCN(c2ccc(C(=O)N[C@H]3CCc4nc(N)sc4C3)cc2)CC1. The van der Waals surface area contributed by atoms with E-state index in [4.69, 9.17) is 5.73 Å². The van der Waals surface area contributed by atoms with Gasteiger partial charge in [-0.25, -0.2) is 4.98 Å². The molecule has 2 aromatic rings. The summed E-state index contributed by atoms with van der Waals surface area (Å²) in [5, 5.41) is 3.81. The van der Waals surface area contributed by atoms with Gasteiger partial charge < -0.3 is 16.0 Å². The maximum Gasteiger partial charge on any atom is 0.251 e. The number of aromatic nitrogens is 1. The lowest BCUT2D eigenvalue weighted by molar-refractivity contribution is 0.0933. The van der Waals surface area contributed by atoms with Crippen molar-refractivity contribution >= 4 is 28.1 Å². The summed E-state index contributed by atoms with van der Waals surface area (Å²) in [4.78, 5) is 23.2. The van der Waals surface area contributed by atoms with Crippen molar-refractivity contribution in [2.75, 3.05) is 36.8 Å². The first-order valence-electron chi connectivity index (χ1n) is 10.1. The average molecular weight is 400 g/mol. The van der Waals surface area contributed by atoms with E-state index >= 15 is 0 Å². The minimum absolute atomic E-state index is 0.00196. The number of nitrogen functional groups attached to an aromatic ring is 1. The fraction of sp³-hybridized carbons (Fsp3) is 0.524. The predicted octanol–water partition coefficient (Wildman–Crippen LogP) is 2.54. The Morgan fingerprint density at radius 2 is 1.93 bits per heavy atom. The molecule has 150 valence electrons. The molecule has 1 aliphatic heterocycles. The molecule has 1 aromatic heterocycles. The van der Waals surface area contributed by atoms with Crippen LogP contribution in [0.1, 0.15) is 41.2 Å². The number of rotatable bonds is 4. The van der Waals surface area contributed by atoms with Gasteiger partial charge in [-0.1, -0.05) is 0 Å². The van der Waals surface area contributed by atoms with Gasteiger partial charge in [-0.2, -0.15) is 0 Å². The van der Waals surface area contributed by atoms with Gasteiger partial charge in [0.15, 0.2) is 5.13 Å². The monoisotopic (exact) mass is 399 g/mol. The molecule has 1 amide bonds. The first-order chi connectivity index (χ1) is 13.5. The predicted molar refractivity (Wildman–Crippen MR) is 115 cm³/mol. The highest BCUT2D eigenvalue weighted by molar-refractivity contribution is 7.15. The molecule has 1 aliphatic carbocycles. The quantitative estimate of drug-likeness (QED) is 0.826. The van der Waals surface area contributed by atoms with Gasteiger partial charge in [0, 0.05) is 60.8 Å². The average Bonchev–Trinajstić information content (AvgIpc) is 3.07. The molecule has 0 spiro atoms. The Morgan fingerprint density at radius 3 is 2.61 bits per heavy atom. The summed E-state index contributed by atoms with van der Waals surface area (Å²) >= 11 is 1.54. The van der Waals surface area contributed by atoms with Crippen molar-refractivity contribution in [2.24, 2.45) is 0 Å². The molecular weight excluding hydrogens is 370 g/mol. The molecule has 1 saturated heterocycles. The maximum absolute atomic E-state index is 12.7. The van der Waals surface area contributed by atoms with Gasteiger partial charge in [0.25, 0.3) is 5.91 Å². The van der Waals surface area contributed by atoms with E-state index in [2.05, 4.69) is 46.1 Å². The minimum atomic E-state index is 0.00196. The number of piperazine rings is 1. The molecule has 4 rings (SSSR count). The molecule has 28 heavy (non-hydrogen) atoms. The molecule has 3 N–H and O–H groups in total. The van der Waals surface area contributed by atoms with Crippen LogP contribution in [0, 0.1) is 0 Å². The molecule has 0 bridgehead atoms. The topological polar surface area (TPSA) is 74.5 Å². The van der Waals surface area contributed by atoms with E-state index in [1.807, 2.05) is 12.1 Å². The normalized spacial score (nSPS) is 20.2. The molecule has 2 heterocycles. The molecule has 6 nitrogen and oxygen atoms in total. The number of fused-ring (bicyclic) bond motifs is 1. The molecule has 1 atom stereocenters. The van der Waals surface area contributed by atoms with E-state index in [1.165, 1.54) is 10.6 Å². The van der Waals surface area contributed by atoms with Crippen LogP contribution < -0.4 is 16.0 Å². The van der Waals surface area contributed by atoms with Crippen molar-refractivity contribution in [2.45, 2.75) is 45.2 Å². The van der Waals surface area contributed by atoms with Crippen molar-refractivity contribution in [3.8, 4) is 0 Å². The number of hydrogen-bond donors (Lipinski definition) is 2. The number of nitrogens with zero attached hydrogens (tertiary/aromatic N) is 3. The van der Waals surface area contributed by atoms with Crippen LogP contribution >= 0.6 is 11.3 Å². The molecule has 2 aliphatic rings. The number of carbonyl (C=O) groups is 1. The Labute approximate surface area is 170 Å². The zero-order valence-corrected chi connectivity index (χ0v) is 17.5. The number of anilines is 2. The maximum atomic E-state index is 12.7. The van der Waals surface area contributed by atoms with Gasteiger partial charge >= 0.3 is 0 Å². The van der Waals surface area contributed by atoms with Crippen molar-refractivity contribution in [1.82, 2.24) is 15.2 Å². The smallest absolute Gasteiger partial charge is 0.251 e. The Balaban J connectivity index is 1.33. The number of nitrogens with one attached hydrogen (secondary N) is 1. The third-order valence-corrected chi connectivity index (χ3v) is 6.78. The van der Waals surface area contributed by atoms with Crippen molar-refractivity contribution in [3.63, 3.8) is 0 Å². The highest BCUT2D eigenvalue weighted by Gasteiger charge is 2.24. The van der Waals surface area contributed by atoms with Crippen LogP contribution in [0.15, 0.2) is 24.3 Å². The van der Waals surface area contributed by atoms with Gasteiger partial charge in [-0.3, -0.25) is 9.69 Å². The molecule has 1 fully saturated rings. The molecule has 1 aromatic carbocycles. The van der Waals surface area contributed by atoms with Crippen LogP contribution in [-0.2, 0) is 12.8 Å². The van der Waals surface area contributed by atoms with E-state index in [1.54, 1.807) is 11.3 Å². The van der Waals surface area contributed by atoms with E-state index < -0.39 is 0 Å². The second-order valence-corrected chi connectivity index (χ2v) is 9.11. The van der Waals surface area contributed by atoms with Gasteiger partial charge in [0.05, 0.1) is 5.69 Å². The Bertz CT molecular complexity index is 824. The van der Waals surface area contributed by atoms with E-state index in [-0.39, 0.29) is 11.9 Å². The second kappa shape index (κ2) is 8.09. The van der Waals surface area contributed by atoms with Crippen molar-refractivity contribution in [1.29, 1.82) is 0 Å². The molecule has 0 saturated carbocycles. The van der Waals surface area contributed by atoms with Gasteiger partial charge in [0.2, 0.25) is 0 Å². The van der Waals surface area contributed by atoms with Gasteiger partial charge in [0.1, 0.15) is 0 Å². The fourth-order valence-electron chi connectivity index (χ4n) is 4.11. The number of carbonyl (C=O) groups excluding carboxylic acids is 1. The summed E-state index contributed by atoms with van der Waals surface area (Å²) in [7, 11) is 0. The zero-order valence-electron chi connectivity index (χ0n) is 16.6. The van der Waals surface area contributed by atoms with Crippen LogP contribution in [0.25, 0.3) is 0 Å². The van der Waals surface area contributed by atoms with Crippen molar-refractivity contribution < 1.29 is 4.79 Å².